The van der Waals surface area contributed by atoms with Crippen molar-refractivity contribution in [3.05, 3.63) is 0 Å². The zero-order valence-corrected chi connectivity index (χ0v) is 11.2. The van der Waals surface area contributed by atoms with Crippen LogP contribution in [0.3, 0.4) is 0 Å². The number of hydrogen-bond donors (Lipinski definition) is 0. The minimum atomic E-state index is 0.811. The SMILES string of the molecule is CCC(CC)N(CCBr)CCC1CC1. The molecule has 1 rings (SSSR count). The lowest BCUT2D eigenvalue weighted by Crippen LogP contribution is -2.36. The Morgan fingerprint density at radius 2 is 1.86 bits per heavy atom. The molecule has 0 amide bonds. The first kappa shape index (κ1) is 12.5. The van der Waals surface area contributed by atoms with E-state index in [4.69, 9.17) is 0 Å². The second kappa shape index (κ2) is 6.84. The zero-order chi connectivity index (χ0) is 10.4. The summed E-state index contributed by atoms with van der Waals surface area (Å²) in [6.45, 7) is 7.17. The summed E-state index contributed by atoms with van der Waals surface area (Å²) in [4.78, 5) is 2.67. The molecule has 0 aromatic heterocycles. The molecule has 1 nitrogen and oxygen atoms in total. The molecule has 0 atom stereocenters. The minimum Gasteiger partial charge on any atom is -0.300 e. The molecule has 84 valence electrons. The van der Waals surface area contributed by atoms with Gasteiger partial charge in [-0.25, -0.2) is 0 Å². The van der Waals surface area contributed by atoms with Crippen LogP contribution in [0.15, 0.2) is 0 Å². The van der Waals surface area contributed by atoms with Crippen molar-refractivity contribution in [3.8, 4) is 0 Å². The minimum absolute atomic E-state index is 0.811. The molecule has 1 aliphatic rings. The molecule has 1 fully saturated rings. The van der Waals surface area contributed by atoms with Gasteiger partial charge in [0, 0.05) is 17.9 Å². The molecule has 0 unspecified atom stereocenters. The van der Waals surface area contributed by atoms with E-state index in [9.17, 15) is 0 Å². The summed E-state index contributed by atoms with van der Waals surface area (Å²) in [6.07, 6.45) is 7.02. The van der Waals surface area contributed by atoms with Gasteiger partial charge < -0.3 is 0 Å². The smallest absolute Gasteiger partial charge is 0.0159 e. The van der Waals surface area contributed by atoms with Crippen molar-refractivity contribution in [2.75, 3.05) is 18.4 Å². The van der Waals surface area contributed by atoms with E-state index in [1.165, 1.54) is 45.2 Å². The number of hydrogen-bond acceptors (Lipinski definition) is 1. The van der Waals surface area contributed by atoms with Gasteiger partial charge in [0.2, 0.25) is 0 Å². The summed E-state index contributed by atoms with van der Waals surface area (Å²) in [5.74, 6) is 1.07. The van der Waals surface area contributed by atoms with Crippen LogP contribution in [0.25, 0.3) is 0 Å². The Balaban J connectivity index is 2.26. The first-order valence-corrected chi connectivity index (χ1v) is 7.23. The van der Waals surface area contributed by atoms with E-state index in [0.29, 0.717) is 0 Å². The molecule has 1 aliphatic carbocycles. The van der Waals surface area contributed by atoms with Crippen LogP contribution in [0.2, 0.25) is 0 Å². The number of nitrogens with zero attached hydrogens (tertiary/aromatic N) is 1. The fourth-order valence-corrected chi connectivity index (χ4v) is 2.60. The van der Waals surface area contributed by atoms with E-state index in [0.717, 1.165) is 17.3 Å². The lowest BCUT2D eigenvalue weighted by molar-refractivity contribution is 0.192. The molecule has 0 aromatic carbocycles. The van der Waals surface area contributed by atoms with Crippen molar-refractivity contribution >= 4 is 15.9 Å². The van der Waals surface area contributed by atoms with Crippen molar-refractivity contribution in [1.82, 2.24) is 4.90 Å². The second-order valence-electron chi connectivity index (χ2n) is 4.43. The molecular weight excluding hydrogens is 238 g/mol. The normalized spacial score (nSPS) is 16.9. The zero-order valence-electron chi connectivity index (χ0n) is 9.64. The molecule has 1 saturated carbocycles. The summed E-state index contributed by atoms with van der Waals surface area (Å²) >= 11 is 3.56. The van der Waals surface area contributed by atoms with Crippen molar-refractivity contribution in [1.29, 1.82) is 0 Å². The predicted octanol–water partition coefficient (Wildman–Crippen LogP) is 3.67. The Morgan fingerprint density at radius 1 is 1.21 bits per heavy atom. The van der Waals surface area contributed by atoms with E-state index in [2.05, 4.69) is 34.7 Å². The highest BCUT2D eigenvalue weighted by Gasteiger charge is 2.23. The molecule has 0 radical (unpaired) electrons. The van der Waals surface area contributed by atoms with Crippen molar-refractivity contribution in [2.24, 2.45) is 5.92 Å². The molecule has 0 aliphatic heterocycles. The third kappa shape index (κ3) is 4.31. The lowest BCUT2D eigenvalue weighted by atomic mass is 10.1. The van der Waals surface area contributed by atoms with Crippen LogP contribution in [0, 0.1) is 5.92 Å². The monoisotopic (exact) mass is 261 g/mol. The molecule has 0 N–H and O–H groups in total. The molecule has 0 heterocycles. The third-order valence-corrected chi connectivity index (χ3v) is 3.71. The summed E-state index contributed by atoms with van der Waals surface area (Å²) in [7, 11) is 0. The number of alkyl halides is 1. The Morgan fingerprint density at radius 3 is 2.29 bits per heavy atom. The number of halogens is 1. The van der Waals surface area contributed by atoms with Gasteiger partial charge in [0.25, 0.3) is 0 Å². The Kier molecular flexibility index (Phi) is 6.11. The Bertz CT molecular complexity index is 141. The molecule has 0 aromatic rings. The van der Waals surface area contributed by atoms with Crippen LogP contribution in [0.5, 0.6) is 0 Å². The molecule has 0 spiro atoms. The van der Waals surface area contributed by atoms with Crippen LogP contribution in [-0.2, 0) is 0 Å². The van der Waals surface area contributed by atoms with E-state index in [1.807, 2.05) is 0 Å². The summed E-state index contributed by atoms with van der Waals surface area (Å²) in [5, 5.41) is 1.12. The van der Waals surface area contributed by atoms with Crippen molar-refractivity contribution in [2.45, 2.75) is 52.0 Å². The van der Waals surface area contributed by atoms with E-state index in [-0.39, 0.29) is 0 Å². The maximum atomic E-state index is 3.56. The van der Waals surface area contributed by atoms with Gasteiger partial charge in [-0.05, 0) is 31.7 Å². The number of rotatable bonds is 8. The average molecular weight is 262 g/mol. The van der Waals surface area contributed by atoms with Gasteiger partial charge in [-0.2, -0.15) is 0 Å². The fourth-order valence-electron chi connectivity index (χ4n) is 2.15. The van der Waals surface area contributed by atoms with Crippen molar-refractivity contribution < 1.29 is 0 Å². The molecule has 2 heteroatoms. The Labute approximate surface area is 97.4 Å². The highest BCUT2D eigenvalue weighted by molar-refractivity contribution is 9.09. The summed E-state index contributed by atoms with van der Waals surface area (Å²) < 4.78 is 0. The lowest BCUT2D eigenvalue weighted by Gasteiger charge is -2.29. The molecule has 14 heavy (non-hydrogen) atoms. The highest BCUT2D eigenvalue weighted by Crippen LogP contribution is 2.32. The van der Waals surface area contributed by atoms with Crippen LogP contribution in [0.4, 0.5) is 0 Å². The van der Waals surface area contributed by atoms with Crippen LogP contribution < -0.4 is 0 Å². The van der Waals surface area contributed by atoms with Gasteiger partial charge in [-0.15, -0.1) is 0 Å². The van der Waals surface area contributed by atoms with Gasteiger partial charge in [-0.1, -0.05) is 42.6 Å². The fraction of sp³-hybridized carbons (Fsp3) is 1.00. The molecule has 0 saturated heterocycles. The first-order valence-electron chi connectivity index (χ1n) is 6.11. The Hall–Kier alpha value is 0.440. The maximum absolute atomic E-state index is 3.56. The third-order valence-electron chi connectivity index (χ3n) is 3.35. The van der Waals surface area contributed by atoms with Gasteiger partial charge in [0.15, 0.2) is 0 Å². The average Bonchev–Trinajstić information content (AvgIpc) is 2.99. The van der Waals surface area contributed by atoms with Crippen LogP contribution in [0.1, 0.15) is 46.0 Å². The summed E-state index contributed by atoms with van der Waals surface area (Å²) in [6, 6.07) is 0.811. The van der Waals surface area contributed by atoms with Gasteiger partial charge in [0.1, 0.15) is 0 Å². The predicted molar refractivity (Wildman–Crippen MR) is 67.1 cm³/mol. The van der Waals surface area contributed by atoms with Crippen molar-refractivity contribution in [3.63, 3.8) is 0 Å². The quantitative estimate of drug-likeness (QED) is 0.603. The standard InChI is InChI=1S/C12H24BrN/c1-3-12(4-2)14(10-8-13)9-7-11-5-6-11/h11-12H,3-10H2,1-2H3. The topological polar surface area (TPSA) is 3.24 Å². The van der Waals surface area contributed by atoms with Gasteiger partial charge >= 0.3 is 0 Å². The summed E-state index contributed by atoms with van der Waals surface area (Å²) in [5.41, 5.74) is 0. The largest absolute Gasteiger partial charge is 0.300 e. The van der Waals surface area contributed by atoms with E-state index < -0.39 is 0 Å². The first-order chi connectivity index (χ1) is 6.81. The van der Waals surface area contributed by atoms with Crippen LogP contribution in [-0.4, -0.2) is 29.4 Å². The van der Waals surface area contributed by atoms with Crippen LogP contribution >= 0.6 is 15.9 Å². The maximum Gasteiger partial charge on any atom is 0.0159 e. The second-order valence-corrected chi connectivity index (χ2v) is 5.22. The van der Waals surface area contributed by atoms with E-state index >= 15 is 0 Å². The highest BCUT2D eigenvalue weighted by atomic mass is 79.9. The van der Waals surface area contributed by atoms with Gasteiger partial charge in [0.05, 0.1) is 0 Å². The van der Waals surface area contributed by atoms with Gasteiger partial charge in [-0.3, -0.25) is 4.90 Å². The van der Waals surface area contributed by atoms with E-state index in [1.54, 1.807) is 0 Å². The molecular formula is C12H24BrN. The molecule has 0 bridgehead atoms.